The van der Waals surface area contributed by atoms with Crippen LogP contribution in [0.5, 0.6) is 0 Å². The lowest BCUT2D eigenvalue weighted by molar-refractivity contribution is -0.115. The molecule has 0 aliphatic carbocycles. The number of hydrogen-bond acceptors (Lipinski definition) is 2. The van der Waals surface area contributed by atoms with Crippen molar-refractivity contribution in [2.24, 2.45) is 0 Å². The minimum Gasteiger partial charge on any atom is -0.324 e. The summed E-state index contributed by atoms with van der Waals surface area (Å²) in [5.41, 5.74) is 2.07. The highest BCUT2D eigenvalue weighted by Gasteiger charge is 2.14. The van der Waals surface area contributed by atoms with Gasteiger partial charge < -0.3 is 10.6 Å². The van der Waals surface area contributed by atoms with E-state index in [1.165, 1.54) is 12.1 Å². The maximum atomic E-state index is 13.6. The summed E-state index contributed by atoms with van der Waals surface area (Å²) in [6.45, 7) is 3.71. The van der Waals surface area contributed by atoms with Crippen LogP contribution in [0.15, 0.2) is 30.3 Å². The first-order valence-electron chi connectivity index (χ1n) is 7.21. The van der Waals surface area contributed by atoms with Crippen molar-refractivity contribution < 1.29 is 9.18 Å². The second-order valence-corrected chi connectivity index (χ2v) is 6.64. The van der Waals surface area contributed by atoms with Crippen molar-refractivity contribution >= 4 is 46.4 Å². The molecular formula is C17H16Cl3FN2O. The quantitative estimate of drug-likeness (QED) is 0.674. The van der Waals surface area contributed by atoms with Crippen molar-refractivity contribution in [1.82, 2.24) is 5.32 Å². The predicted octanol–water partition coefficient (Wildman–Crippen LogP) is 5.38. The molecule has 0 aliphatic rings. The molecule has 2 rings (SSSR count). The van der Waals surface area contributed by atoms with Crippen molar-refractivity contribution in [2.75, 3.05) is 11.9 Å². The van der Waals surface area contributed by atoms with Gasteiger partial charge in [0.25, 0.3) is 0 Å². The van der Waals surface area contributed by atoms with Crippen LogP contribution in [0, 0.1) is 12.7 Å². The minimum absolute atomic E-state index is 0.0198. The van der Waals surface area contributed by atoms with E-state index in [1.54, 1.807) is 19.1 Å². The molecule has 24 heavy (non-hydrogen) atoms. The molecule has 1 atom stereocenters. The third-order valence-electron chi connectivity index (χ3n) is 3.47. The number of carbonyl (C=O) groups is 1. The number of benzene rings is 2. The van der Waals surface area contributed by atoms with Gasteiger partial charge in [-0.3, -0.25) is 4.79 Å². The van der Waals surface area contributed by atoms with Gasteiger partial charge in [-0.05, 0) is 49.2 Å². The number of carbonyl (C=O) groups excluding carboxylic acids is 1. The molecule has 0 fully saturated rings. The van der Waals surface area contributed by atoms with Gasteiger partial charge in [0.2, 0.25) is 5.91 Å². The predicted molar refractivity (Wildman–Crippen MR) is 97.7 cm³/mol. The molecule has 128 valence electrons. The van der Waals surface area contributed by atoms with E-state index >= 15 is 0 Å². The Kier molecular flexibility index (Phi) is 6.47. The van der Waals surface area contributed by atoms with Crippen molar-refractivity contribution in [3.05, 3.63) is 62.3 Å². The zero-order valence-corrected chi connectivity index (χ0v) is 15.4. The smallest absolute Gasteiger partial charge is 0.238 e. The summed E-state index contributed by atoms with van der Waals surface area (Å²) in [7, 11) is 0. The highest BCUT2D eigenvalue weighted by Crippen LogP contribution is 2.28. The van der Waals surface area contributed by atoms with Gasteiger partial charge in [-0.1, -0.05) is 40.9 Å². The van der Waals surface area contributed by atoms with Crippen LogP contribution >= 0.6 is 34.8 Å². The van der Waals surface area contributed by atoms with Gasteiger partial charge in [-0.25, -0.2) is 4.39 Å². The molecule has 2 aromatic carbocycles. The van der Waals surface area contributed by atoms with Gasteiger partial charge in [0, 0.05) is 11.1 Å². The Balaban J connectivity index is 1.97. The zero-order valence-electron chi connectivity index (χ0n) is 13.1. The molecule has 0 unspecified atom stereocenters. The topological polar surface area (TPSA) is 41.1 Å². The van der Waals surface area contributed by atoms with Crippen LogP contribution in [0.25, 0.3) is 0 Å². The summed E-state index contributed by atoms with van der Waals surface area (Å²) < 4.78 is 13.6. The number of rotatable bonds is 5. The maximum absolute atomic E-state index is 13.6. The van der Waals surface area contributed by atoms with E-state index in [-0.39, 0.29) is 23.5 Å². The molecule has 3 nitrogen and oxygen atoms in total. The van der Waals surface area contributed by atoms with Crippen molar-refractivity contribution in [2.45, 2.75) is 19.9 Å². The van der Waals surface area contributed by atoms with E-state index in [4.69, 9.17) is 34.8 Å². The number of anilines is 1. The molecule has 0 aliphatic heterocycles. The van der Waals surface area contributed by atoms with Crippen LogP contribution in [0.1, 0.15) is 24.1 Å². The number of aryl methyl sites for hydroxylation is 1. The summed E-state index contributed by atoms with van der Waals surface area (Å²) in [6, 6.07) is 7.64. The average molecular weight is 390 g/mol. The second kappa shape index (κ2) is 8.17. The molecule has 0 radical (unpaired) electrons. The van der Waals surface area contributed by atoms with Crippen LogP contribution in [0.4, 0.5) is 10.1 Å². The fourth-order valence-corrected chi connectivity index (χ4v) is 2.97. The van der Waals surface area contributed by atoms with E-state index in [2.05, 4.69) is 10.6 Å². The molecule has 0 bridgehead atoms. The summed E-state index contributed by atoms with van der Waals surface area (Å²) in [5, 5.41) is 6.47. The fraction of sp³-hybridized carbons (Fsp3) is 0.235. The third-order valence-corrected chi connectivity index (χ3v) is 4.40. The molecule has 0 heterocycles. The SMILES string of the molecule is Cc1ccc(NC(=O)CN[C@@H](C)c2cc(F)c(Cl)cc2Cl)c(Cl)c1. The van der Waals surface area contributed by atoms with E-state index < -0.39 is 5.82 Å². The van der Waals surface area contributed by atoms with Crippen LogP contribution < -0.4 is 10.6 Å². The summed E-state index contributed by atoms with van der Waals surface area (Å²) >= 11 is 17.8. The van der Waals surface area contributed by atoms with Crippen LogP contribution in [-0.4, -0.2) is 12.5 Å². The van der Waals surface area contributed by atoms with Crippen LogP contribution in [0.3, 0.4) is 0 Å². The summed E-state index contributed by atoms with van der Waals surface area (Å²) in [6.07, 6.45) is 0. The van der Waals surface area contributed by atoms with Crippen molar-refractivity contribution in [3.63, 3.8) is 0 Å². The van der Waals surface area contributed by atoms with Crippen LogP contribution in [0.2, 0.25) is 15.1 Å². The first kappa shape index (κ1) is 19.0. The Morgan fingerprint density at radius 3 is 2.50 bits per heavy atom. The van der Waals surface area contributed by atoms with Crippen molar-refractivity contribution in [3.8, 4) is 0 Å². The van der Waals surface area contributed by atoms with Crippen molar-refractivity contribution in [1.29, 1.82) is 0 Å². The number of hydrogen-bond donors (Lipinski definition) is 2. The normalized spacial score (nSPS) is 12.1. The number of amides is 1. The Labute approximate surface area is 155 Å². The Hall–Kier alpha value is -1.33. The zero-order chi connectivity index (χ0) is 17.9. The third kappa shape index (κ3) is 4.84. The molecule has 2 aromatic rings. The van der Waals surface area contributed by atoms with Crippen LogP contribution in [-0.2, 0) is 4.79 Å². The molecule has 0 aromatic heterocycles. The summed E-state index contributed by atoms with van der Waals surface area (Å²) in [5.74, 6) is -0.821. The lowest BCUT2D eigenvalue weighted by Gasteiger charge is -2.16. The molecule has 0 saturated carbocycles. The first-order valence-corrected chi connectivity index (χ1v) is 8.35. The van der Waals surface area contributed by atoms with Gasteiger partial charge in [0.05, 0.1) is 22.3 Å². The average Bonchev–Trinajstić information content (AvgIpc) is 2.51. The molecular weight excluding hydrogens is 374 g/mol. The molecule has 0 saturated heterocycles. The maximum Gasteiger partial charge on any atom is 0.238 e. The highest BCUT2D eigenvalue weighted by atomic mass is 35.5. The Morgan fingerprint density at radius 2 is 1.83 bits per heavy atom. The van der Waals surface area contributed by atoms with Gasteiger partial charge in [-0.15, -0.1) is 0 Å². The largest absolute Gasteiger partial charge is 0.324 e. The number of halogens is 4. The van der Waals surface area contributed by atoms with Gasteiger partial charge in [-0.2, -0.15) is 0 Å². The van der Waals surface area contributed by atoms with Gasteiger partial charge in [0.15, 0.2) is 0 Å². The standard InChI is InChI=1S/C17H16Cl3FN2O/c1-9-3-4-16(14(20)5-9)23-17(24)8-22-10(2)11-6-15(21)13(19)7-12(11)18/h3-7,10,22H,8H2,1-2H3,(H,23,24)/t10-/m0/s1. The molecule has 7 heteroatoms. The summed E-state index contributed by atoms with van der Waals surface area (Å²) in [4.78, 5) is 12.0. The Morgan fingerprint density at radius 1 is 1.12 bits per heavy atom. The Bertz CT molecular complexity index is 768. The second-order valence-electron chi connectivity index (χ2n) is 5.42. The van der Waals surface area contributed by atoms with E-state index in [1.807, 2.05) is 13.0 Å². The van der Waals surface area contributed by atoms with Gasteiger partial charge >= 0.3 is 0 Å². The van der Waals surface area contributed by atoms with Gasteiger partial charge in [0.1, 0.15) is 5.82 Å². The molecule has 0 spiro atoms. The molecule has 1 amide bonds. The fourth-order valence-electron chi connectivity index (χ4n) is 2.14. The number of nitrogens with one attached hydrogen (secondary N) is 2. The minimum atomic E-state index is -0.555. The van der Waals surface area contributed by atoms with E-state index in [9.17, 15) is 9.18 Å². The monoisotopic (exact) mass is 388 g/mol. The van der Waals surface area contributed by atoms with E-state index in [0.717, 1.165) is 5.56 Å². The van der Waals surface area contributed by atoms with E-state index in [0.29, 0.717) is 21.3 Å². The first-order chi connectivity index (χ1) is 11.3. The molecule has 2 N–H and O–H groups in total. The highest BCUT2D eigenvalue weighted by molar-refractivity contribution is 6.35. The lowest BCUT2D eigenvalue weighted by Crippen LogP contribution is -2.30. The lowest BCUT2D eigenvalue weighted by atomic mass is 10.1.